The first-order chi connectivity index (χ1) is 10.6. The summed E-state index contributed by atoms with van der Waals surface area (Å²) in [4.78, 5) is 12.1. The Bertz CT molecular complexity index is 706. The van der Waals surface area contributed by atoms with Crippen molar-refractivity contribution in [2.24, 2.45) is 0 Å². The number of para-hydroxylation sites is 2. The summed E-state index contributed by atoms with van der Waals surface area (Å²) in [6.07, 6.45) is -0.245. The molecular weight excluding hydrogens is 325 g/mol. The molecule has 3 rings (SSSR count). The standard InChI is InChI=1S/C16H13Cl2NO3/c17-10-5-6-12(13(18)7-10)16(20)19-8-11-9-21-14-3-1-2-4-15(14)22-11/h1-7,11H,8-9H2,(H,19,20). The van der Waals surface area contributed by atoms with Crippen molar-refractivity contribution in [1.29, 1.82) is 0 Å². The number of halogens is 2. The normalized spacial score (nSPS) is 16.2. The fourth-order valence-corrected chi connectivity index (χ4v) is 2.63. The zero-order valence-electron chi connectivity index (χ0n) is 11.5. The van der Waals surface area contributed by atoms with Crippen LogP contribution in [0.3, 0.4) is 0 Å². The van der Waals surface area contributed by atoms with Crippen molar-refractivity contribution < 1.29 is 14.3 Å². The van der Waals surface area contributed by atoms with Crippen LogP contribution in [0.15, 0.2) is 42.5 Å². The lowest BCUT2D eigenvalue weighted by atomic mass is 10.2. The second-order valence-electron chi connectivity index (χ2n) is 4.83. The molecule has 1 unspecified atom stereocenters. The van der Waals surface area contributed by atoms with Gasteiger partial charge in [-0.25, -0.2) is 0 Å². The SMILES string of the molecule is O=C(NCC1COc2ccccc2O1)c1ccc(Cl)cc1Cl. The van der Waals surface area contributed by atoms with Crippen LogP contribution < -0.4 is 14.8 Å². The molecule has 2 aromatic carbocycles. The minimum Gasteiger partial charge on any atom is -0.486 e. The second-order valence-corrected chi connectivity index (χ2v) is 5.68. The van der Waals surface area contributed by atoms with E-state index >= 15 is 0 Å². The van der Waals surface area contributed by atoms with Crippen LogP contribution in [0, 0.1) is 0 Å². The quantitative estimate of drug-likeness (QED) is 0.931. The van der Waals surface area contributed by atoms with Gasteiger partial charge in [0.05, 0.1) is 17.1 Å². The molecule has 114 valence electrons. The molecule has 0 spiro atoms. The van der Waals surface area contributed by atoms with E-state index in [2.05, 4.69) is 5.32 Å². The first-order valence-electron chi connectivity index (χ1n) is 6.75. The van der Waals surface area contributed by atoms with Crippen molar-refractivity contribution in [3.05, 3.63) is 58.1 Å². The van der Waals surface area contributed by atoms with Crippen molar-refractivity contribution in [3.63, 3.8) is 0 Å². The summed E-state index contributed by atoms with van der Waals surface area (Å²) < 4.78 is 11.4. The predicted octanol–water partition coefficient (Wildman–Crippen LogP) is 3.56. The molecule has 0 radical (unpaired) electrons. The van der Waals surface area contributed by atoms with E-state index in [1.807, 2.05) is 24.3 Å². The van der Waals surface area contributed by atoms with Crippen molar-refractivity contribution >= 4 is 29.1 Å². The van der Waals surface area contributed by atoms with Gasteiger partial charge in [-0.15, -0.1) is 0 Å². The average Bonchev–Trinajstić information content (AvgIpc) is 2.52. The van der Waals surface area contributed by atoms with Gasteiger partial charge in [-0.3, -0.25) is 4.79 Å². The van der Waals surface area contributed by atoms with Gasteiger partial charge in [0.2, 0.25) is 0 Å². The molecule has 0 aliphatic carbocycles. The number of carbonyl (C=O) groups excluding carboxylic acids is 1. The highest BCUT2D eigenvalue weighted by atomic mass is 35.5. The zero-order valence-corrected chi connectivity index (χ0v) is 13.0. The lowest BCUT2D eigenvalue weighted by Crippen LogP contribution is -2.40. The van der Waals surface area contributed by atoms with Crippen molar-refractivity contribution in [2.75, 3.05) is 13.2 Å². The van der Waals surface area contributed by atoms with E-state index in [1.54, 1.807) is 12.1 Å². The highest BCUT2D eigenvalue weighted by Crippen LogP contribution is 2.30. The van der Waals surface area contributed by atoms with Crippen LogP contribution in [0.1, 0.15) is 10.4 Å². The molecule has 1 amide bonds. The van der Waals surface area contributed by atoms with Gasteiger partial charge in [0.1, 0.15) is 12.7 Å². The molecule has 0 bridgehead atoms. The van der Waals surface area contributed by atoms with Crippen LogP contribution in [0.5, 0.6) is 11.5 Å². The molecule has 6 heteroatoms. The Morgan fingerprint density at radius 1 is 1.18 bits per heavy atom. The topological polar surface area (TPSA) is 47.6 Å². The second kappa shape index (κ2) is 6.46. The maximum Gasteiger partial charge on any atom is 0.252 e. The van der Waals surface area contributed by atoms with Gasteiger partial charge >= 0.3 is 0 Å². The summed E-state index contributed by atoms with van der Waals surface area (Å²) in [5, 5.41) is 3.59. The Labute approximate surface area is 137 Å². The number of hydrogen-bond donors (Lipinski definition) is 1. The summed E-state index contributed by atoms with van der Waals surface area (Å²) in [6.45, 7) is 0.706. The van der Waals surface area contributed by atoms with Crippen LogP contribution in [-0.4, -0.2) is 25.2 Å². The summed E-state index contributed by atoms with van der Waals surface area (Å²) in [5.41, 5.74) is 0.378. The predicted molar refractivity (Wildman–Crippen MR) is 85.1 cm³/mol. The first kappa shape index (κ1) is 15.0. The van der Waals surface area contributed by atoms with Gasteiger partial charge in [-0.1, -0.05) is 35.3 Å². The number of hydrogen-bond acceptors (Lipinski definition) is 3. The molecule has 0 fully saturated rings. The largest absolute Gasteiger partial charge is 0.486 e. The van der Waals surface area contributed by atoms with Crippen LogP contribution in [0.25, 0.3) is 0 Å². The van der Waals surface area contributed by atoms with E-state index in [4.69, 9.17) is 32.7 Å². The minimum atomic E-state index is -0.274. The highest BCUT2D eigenvalue weighted by molar-refractivity contribution is 6.36. The van der Waals surface area contributed by atoms with E-state index in [0.29, 0.717) is 40.3 Å². The van der Waals surface area contributed by atoms with Gasteiger partial charge in [-0.05, 0) is 30.3 Å². The molecule has 1 aliphatic heterocycles. The maximum atomic E-state index is 12.1. The van der Waals surface area contributed by atoms with Gasteiger partial charge in [0.15, 0.2) is 11.5 Å². The Morgan fingerprint density at radius 2 is 1.95 bits per heavy atom. The minimum absolute atomic E-state index is 0.245. The molecule has 1 atom stereocenters. The number of rotatable bonds is 3. The third kappa shape index (κ3) is 3.29. The smallest absolute Gasteiger partial charge is 0.252 e. The molecule has 4 nitrogen and oxygen atoms in total. The van der Waals surface area contributed by atoms with Gasteiger partial charge in [0.25, 0.3) is 5.91 Å². The molecule has 1 N–H and O–H groups in total. The molecule has 0 saturated heterocycles. The third-order valence-corrected chi connectivity index (χ3v) is 3.78. The van der Waals surface area contributed by atoms with Crippen LogP contribution in [0.2, 0.25) is 10.0 Å². The Morgan fingerprint density at radius 3 is 2.73 bits per heavy atom. The molecule has 1 heterocycles. The fraction of sp³-hybridized carbons (Fsp3) is 0.188. The van der Waals surface area contributed by atoms with Crippen LogP contribution in [0.4, 0.5) is 0 Å². The maximum absolute atomic E-state index is 12.1. The lowest BCUT2D eigenvalue weighted by Gasteiger charge is -2.26. The summed E-state index contributed by atoms with van der Waals surface area (Å²) >= 11 is 11.8. The molecule has 1 aliphatic rings. The summed E-state index contributed by atoms with van der Waals surface area (Å²) in [7, 11) is 0. The summed E-state index contributed by atoms with van der Waals surface area (Å²) in [5.74, 6) is 1.12. The number of benzene rings is 2. The Balaban J connectivity index is 1.60. The summed E-state index contributed by atoms with van der Waals surface area (Å²) in [6, 6.07) is 12.2. The number of nitrogens with one attached hydrogen (secondary N) is 1. The molecule has 0 saturated carbocycles. The van der Waals surface area contributed by atoms with Crippen LogP contribution >= 0.6 is 23.2 Å². The number of amides is 1. The Hall–Kier alpha value is -1.91. The number of ether oxygens (including phenoxy) is 2. The lowest BCUT2D eigenvalue weighted by molar-refractivity contribution is 0.0789. The van der Waals surface area contributed by atoms with E-state index in [-0.39, 0.29) is 12.0 Å². The van der Waals surface area contributed by atoms with E-state index in [0.717, 1.165) is 0 Å². The Kier molecular flexibility index (Phi) is 4.41. The van der Waals surface area contributed by atoms with E-state index in [1.165, 1.54) is 6.07 Å². The van der Waals surface area contributed by atoms with E-state index < -0.39 is 0 Å². The highest BCUT2D eigenvalue weighted by Gasteiger charge is 2.21. The van der Waals surface area contributed by atoms with Crippen molar-refractivity contribution in [2.45, 2.75) is 6.10 Å². The zero-order chi connectivity index (χ0) is 15.5. The third-order valence-electron chi connectivity index (χ3n) is 3.23. The van der Waals surface area contributed by atoms with Gasteiger partial charge in [-0.2, -0.15) is 0 Å². The first-order valence-corrected chi connectivity index (χ1v) is 7.51. The monoisotopic (exact) mass is 337 g/mol. The molecule has 2 aromatic rings. The van der Waals surface area contributed by atoms with E-state index in [9.17, 15) is 4.79 Å². The number of carbonyl (C=O) groups is 1. The fourth-order valence-electron chi connectivity index (χ4n) is 2.14. The number of fused-ring (bicyclic) bond motifs is 1. The van der Waals surface area contributed by atoms with Crippen LogP contribution in [-0.2, 0) is 0 Å². The molecular formula is C16H13Cl2NO3. The van der Waals surface area contributed by atoms with Gasteiger partial charge < -0.3 is 14.8 Å². The van der Waals surface area contributed by atoms with Gasteiger partial charge in [0, 0.05) is 5.02 Å². The average molecular weight is 338 g/mol. The molecule has 22 heavy (non-hydrogen) atoms. The van der Waals surface area contributed by atoms with Crippen molar-refractivity contribution in [1.82, 2.24) is 5.32 Å². The molecule has 0 aromatic heterocycles. The van der Waals surface area contributed by atoms with Crippen molar-refractivity contribution in [3.8, 4) is 11.5 Å².